The van der Waals surface area contributed by atoms with Gasteiger partial charge in [-0.3, -0.25) is 9.59 Å². The molecule has 0 fully saturated rings. The van der Waals surface area contributed by atoms with Crippen molar-refractivity contribution in [1.82, 2.24) is 9.80 Å². The van der Waals surface area contributed by atoms with Crippen molar-refractivity contribution < 1.29 is 9.59 Å². The first-order valence-corrected chi connectivity index (χ1v) is 5.84. The lowest BCUT2D eigenvalue weighted by Crippen LogP contribution is -2.27. The highest BCUT2D eigenvalue weighted by Gasteiger charge is 2.17. The summed E-state index contributed by atoms with van der Waals surface area (Å²) in [5, 5.41) is 2.85. The Kier molecular flexibility index (Phi) is 3.62. The molecule has 0 unspecified atom stereocenters. The Morgan fingerprint density at radius 3 is 2.78 bits per heavy atom. The van der Waals surface area contributed by atoms with E-state index < -0.39 is 0 Å². The van der Waals surface area contributed by atoms with Crippen LogP contribution in [-0.4, -0.2) is 42.8 Å². The molecule has 0 radical (unpaired) electrons. The molecule has 0 bridgehead atoms. The predicted molar refractivity (Wildman–Crippen MR) is 68.9 cm³/mol. The molecule has 1 aromatic carbocycles. The zero-order valence-electron chi connectivity index (χ0n) is 10.6. The van der Waals surface area contributed by atoms with E-state index in [2.05, 4.69) is 5.32 Å². The number of anilines is 1. The lowest BCUT2D eigenvalue weighted by molar-refractivity contribution is -0.118. The van der Waals surface area contributed by atoms with Gasteiger partial charge in [-0.15, -0.1) is 0 Å². The lowest BCUT2D eigenvalue weighted by Gasteiger charge is -2.10. The van der Waals surface area contributed by atoms with Gasteiger partial charge < -0.3 is 15.1 Å². The average molecular weight is 247 g/mol. The number of likely N-dealkylation sites (N-methyl/N-ethyl adjacent to an activating group) is 1. The third kappa shape index (κ3) is 2.87. The van der Waals surface area contributed by atoms with E-state index in [1.165, 1.54) is 0 Å². The maximum Gasteiger partial charge on any atom is 0.238 e. The van der Waals surface area contributed by atoms with Crippen LogP contribution < -0.4 is 5.32 Å². The van der Waals surface area contributed by atoms with Gasteiger partial charge in [-0.1, -0.05) is 6.07 Å². The van der Waals surface area contributed by atoms with Gasteiger partial charge in [0.25, 0.3) is 0 Å². The first-order chi connectivity index (χ1) is 8.58. The first kappa shape index (κ1) is 12.6. The number of rotatable bonds is 4. The number of benzene rings is 1. The topological polar surface area (TPSA) is 52.7 Å². The van der Waals surface area contributed by atoms with Crippen LogP contribution in [-0.2, 0) is 22.7 Å². The van der Waals surface area contributed by atoms with Gasteiger partial charge in [-0.25, -0.2) is 0 Å². The van der Waals surface area contributed by atoms with Gasteiger partial charge in [0.2, 0.25) is 12.3 Å². The minimum Gasteiger partial charge on any atom is -0.337 e. The minimum atomic E-state index is -0.0369. The molecule has 18 heavy (non-hydrogen) atoms. The first-order valence-electron chi connectivity index (χ1n) is 5.84. The number of hydrogen-bond donors (Lipinski definition) is 1. The van der Waals surface area contributed by atoms with E-state index in [1.54, 1.807) is 4.90 Å². The Morgan fingerprint density at radius 2 is 2.11 bits per heavy atom. The van der Waals surface area contributed by atoms with Crippen molar-refractivity contribution in [2.45, 2.75) is 13.1 Å². The fourth-order valence-electron chi connectivity index (χ4n) is 2.06. The molecule has 2 amide bonds. The second kappa shape index (κ2) is 5.18. The monoisotopic (exact) mass is 247 g/mol. The van der Waals surface area contributed by atoms with Crippen LogP contribution in [0.2, 0.25) is 0 Å². The van der Waals surface area contributed by atoms with Gasteiger partial charge in [0.05, 0.1) is 6.54 Å². The van der Waals surface area contributed by atoms with Crippen molar-refractivity contribution >= 4 is 18.0 Å². The van der Waals surface area contributed by atoms with Crippen LogP contribution in [0.3, 0.4) is 0 Å². The fraction of sp³-hybridized carbons (Fsp3) is 0.385. The SMILES string of the molecule is CN(C)CC(=O)Nc1ccc2c(c1)CN(C=O)C2. The molecule has 0 saturated heterocycles. The van der Waals surface area contributed by atoms with Gasteiger partial charge in [0.1, 0.15) is 0 Å². The molecule has 96 valence electrons. The summed E-state index contributed by atoms with van der Waals surface area (Å²) in [5.74, 6) is -0.0369. The maximum atomic E-state index is 11.6. The van der Waals surface area contributed by atoms with Crippen LogP contribution in [0.1, 0.15) is 11.1 Å². The summed E-state index contributed by atoms with van der Waals surface area (Å²) in [6, 6.07) is 5.77. The maximum absolute atomic E-state index is 11.6. The van der Waals surface area contributed by atoms with Gasteiger partial charge >= 0.3 is 0 Å². The van der Waals surface area contributed by atoms with Gasteiger partial charge in [0.15, 0.2) is 0 Å². The highest BCUT2D eigenvalue weighted by molar-refractivity contribution is 5.92. The van der Waals surface area contributed by atoms with Gasteiger partial charge in [-0.2, -0.15) is 0 Å². The summed E-state index contributed by atoms with van der Waals surface area (Å²) in [4.78, 5) is 25.9. The fourth-order valence-corrected chi connectivity index (χ4v) is 2.06. The molecule has 1 aliphatic rings. The number of nitrogens with one attached hydrogen (secondary N) is 1. The standard InChI is InChI=1S/C13H17N3O2/c1-15(2)8-13(18)14-12-4-3-10-6-16(9-17)7-11(10)5-12/h3-5,9H,6-8H2,1-2H3,(H,14,18). The zero-order chi connectivity index (χ0) is 13.1. The summed E-state index contributed by atoms with van der Waals surface area (Å²) in [7, 11) is 3.70. The van der Waals surface area contributed by atoms with Crippen molar-refractivity contribution in [3.63, 3.8) is 0 Å². The largest absolute Gasteiger partial charge is 0.337 e. The van der Waals surface area contributed by atoms with E-state index in [-0.39, 0.29) is 5.91 Å². The minimum absolute atomic E-state index is 0.0369. The van der Waals surface area contributed by atoms with Crippen LogP contribution in [0, 0.1) is 0 Å². The Hall–Kier alpha value is -1.88. The molecule has 1 aliphatic heterocycles. The Morgan fingerprint density at radius 1 is 1.39 bits per heavy atom. The molecule has 5 nitrogen and oxygen atoms in total. The number of hydrogen-bond acceptors (Lipinski definition) is 3. The molecule has 0 spiro atoms. The molecule has 0 aliphatic carbocycles. The third-order valence-electron chi connectivity index (χ3n) is 2.85. The highest BCUT2D eigenvalue weighted by atomic mass is 16.2. The number of carbonyl (C=O) groups excluding carboxylic acids is 2. The van der Waals surface area contributed by atoms with Crippen LogP contribution in [0.25, 0.3) is 0 Å². The quantitative estimate of drug-likeness (QED) is 0.795. The number of amides is 2. The number of fused-ring (bicyclic) bond motifs is 1. The van der Waals surface area contributed by atoms with Crippen LogP contribution in [0.4, 0.5) is 5.69 Å². The molecule has 1 aromatic rings. The molecule has 2 rings (SSSR count). The van der Waals surface area contributed by atoms with E-state index in [1.807, 2.05) is 37.2 Å². The normalized spacial score (nSPS) is 13.6. The van der Waals surface area contributed by atoms with Gasteiger partial charge in [0, 0.05) is 18.8 Å². The van der Waals surface area contributed by atoms with E-state index in [0.29, 0.717) is 19.6 Å². The zero-order valence-corrected chi connectivity index (χ0v) is 10.6. The summed E-state index contributed by atoms with van der Waals surface area (Å²) in [6.45, 7) is 1.64. The Labute approximate surface area is 106 Å². The predicted octanol–water partition coefficient (Wildman–Crippen LogP) is 0.659. The average Bonchev–Trinajstić information content (AvgIpc) is 2.69. The lowest BCUT2D eigenvalue weighted by atomic mass is 10.1. The van der Waals surface area contributed by atoms with Crippen molar-refractivity contribution in [3.8, 4) is 0 Å². The second-order valence-corrected chi connectivity index (χ2v) is 4.78. The van der Waals surface area contributed by atoms with Crippen molar-refractivity contribution in [2.24, 2.45) is 0 Å². The van der Waals surface area contributed by atoms with Crippen LogP contribution in [0.5, 0.6) is 0 Å². The van der Waals surface area contributed by atoms with E-state index in [9.17, 15) is 9.59 Å². The van der Waals surface area contributed by atoms with E-state index >= 15 is 0 Å². The Bertz CT molecular complexity index is 471. The van der Waals surface area contributed by atoms with E-state index in [0.717, 1.165) is 23.2 Å². The summed E-state index contributed by atoms with van der Waals surface area (Å²) in [5.41, 5.74) is 3.03. The van der Waals surface area contributed by atoms with Crippen LogP contribution in [0.15, 0.2) is 18.2 Å². The highest BCUT2D eigenvalue weighted by Crippen LogP contribution is 2.24. The molecule has 5 heteroatoms. The third-order valence-corrected chi connectivity index (χ3v) is 2.85. The smallest absolute Gasteiger partial charge is 0.238 e. The van der Waals surface area contributed by atoms with Crippen molar-refractivity contribution in [3.05, 3.63) is 29.3 Å². The molecule has 1 heterocycles. The Balaban J connectivity index is 2.04. The summed E-state index contributed by atoms with van der Waals surface area (Å²) in [6.07, 6.45) is 0.851. The summed E-state index contributed by atoms with van der Waals surface area (Å²) >= 11 is 0. The second-order valence-electron chi connectivity index (χ2n) is 4.78. The molecule has 0 aromatic heterocycles. The molecular weight excluding hydrogens is 230 g/mol. The molecule has 0 saturated carbocycles. The van der Waals surface area contributed by atoms with Crippen molar-refractivity contribution in [2.75, 3.05) is 26.0 Å². The van der Waals surface area contributed by atoms with Crippen LogP contribution >= 0.6 is 0 Å². The summed E-state index contributed by atoms with van der Waals surface area (Å²) < 4.78 is 0. The number of carbonyl (C=O) groups is 2. The molecular formula is C13H17N3O2. The van der Waals surface area contributed by atoms with Gasteiger partial charge in [-0.05, 0) is 37.4 Å². The van der Waals surface area contributed by atoms with Crippen molar-refractivity contribution in [1.29, 1.82) is 0 Å². The number of nitrogens with zero attached hydrogens (tertiary/aromatic N) is 2. The van der Waals surface area contributed by atoms with E-state index in [4.69, 9.17) is 0 Å². The molecule has 1 N–H and O–H groups in total. The molecule has 0 atom stereocenters.